The van der Waals surface area contributed by atoms with Gasteiger partial charge in [-0.3, -0.25) is 13.9 Å². The molecule has 0 aliphatic heterocycles. The highest BCUT2D eigenvalue weighted by Crippen LogP contribution is 2.31. The lowest BCUT2D eigenvalue weighted by Crippen LogP contribution is -2.41. The topological polar surface area (TPSA) is 85.6 Å². The van der Waals surface area contributed by atoms with Gasteiger partial charge in [-0.15, -0.1) is 0 Å². The van der Waals surface area contributed by atoms with E-state index < -0.39 is 5.69 Å². The zero-order valence-corrected chi connectivity index (χ0v) is 15.0. The van der Waals surface area contributed by atoms with Crippen LogP contribution < -0.4 is 11.2 Å². The van der Waals surface area contributed by atoms with Crippen molar-refractivity contribution in [2.45, 2.75) is 51.2 Å². The molecule has 0 spiro atoms. The van der Waals surface area contributed by atoms with Crippen LogP contribution in [0.5, 0.6) is 0 Å². The Morgan fingerprint density at radius 1 is 1.11 bits per heavy atom. The van der Waals surface area contributed by atoms with Gasteiger partial charge in [0.25, 0.3) is 5.56 Å². The number of imidazole rings is 1. The molecule has 7 heteroatoms. The summed E-state index contributed by atoms with van der Waals surface area (Å²) in [4.78, 5) is 30.5. The van der Waals surface area contributed by atoms with E-state index in [0.717, 1.165) is 31.2 Å². The maximum Gasteiger partial charge on any atom is 0.333 e. The SMILES string of the molecule is N#CCCn1c(=O)c2c(ncn2C2CCCC2)n(Cc2ccccc2)c1=O. The van der Waals surface area contributed by atoms with E-state index in [2.05, 4.69) is 4.98 Å². The van der Waals surface area contributed by atoms with Gasteiger partial charge in [0.2, 0.25) is 0 Å². The minimum atomic E-state index is -0.414. The van der Waals surface area contributed by atoms with E-state index in [1.165, 1.54) is 4.57 Å². The molecule has 7 nitrogen and oxygen atoms in total. The lowest BCUT2D eigenvalue weighted by molar-refractivity contribution is 0.525. The van der Waals surface area contributed by atoms with Crippen LogP contribution in [0.1, 0.15) is 43.7 Å². The number of benzene rings is 1. The molecule has 0 saturated heterocycles. The quantitative estimate of drug-likeness (QED) is 0.697. The third kappa shape index (κ3) is 3.08. The predicted octanol–water partition coefficient (Wildman–Crippen LogP) is 2.44. The summed E-state index contributed by atoms with van der Waals surface area (Å²) in [5.41, 5.74) is 1.09. The number of hydrogen-bond acceptors (Lipinski definition) is 4. The van der Waals surface area contributed by atoms with Crippen LogP contribution in [0.4, 0.5) is 0 Å². The lowest BCUT2D eigenvalue weighted by atomic mass is 10.2. The predicted molar refractivity (Wildman–Crippen MR) is 102 cm³/mol. The smallest absolute Gasteiger partial charge is 0.322 e. The lowest BCUT2D eigenvalue weighted by Gasteiger charge is -2.15. The molecule has 138 valence electrons. The van der Waals surface area contributed by atoms with Gasteiger partial charge in [0.05, 0.1) is 25.4 Å². The first kappa shape index (κ1) is 17.3. The summed E-state index contributed by atoms with van der Waals surface area (Å²) in [6.45, 7) is 0.430. The van der Waals surface area contributed by atoms with E-state index in [4.69, 9.17) is 5.26 Å². The van der Waals surface area contributed by atoms with Gasteiger partial charge < -0.3 is 4.57 Å². The average molecular weight is 363 g/mol. The molecule has 27 heavy (non-hydrogen) atoms. The molecule has 0 atom stereocenters. The van der Waals surface area contributed by atoms with Crippen molar-refractivity contribution in [2.24, 2.45) is 0 Å². The van der Waals surface area contributed by atoms with Gasteiger partial charge in [0.1, 0.15) is 0 Å². The second-order valence-corrected chi connectivity index (χ2v) is 6.98. The van der Waals surface area contributed by atoms with Gasteiger partial charge in [-0.05, 0) is 18.4 Å². The molecule has 1 aliphatic rings. The zero-order chi connectivity index (χ0) is 18.8. The maximum atomic E-state index is 13.1. The molecule has 2 heterocycles. The number of hydrogen-bond donors (Lipinski definition) is 0. The van der Waals surface area contributed by atoms with Crippen molar-refractivity contribution in [3.05, 3.63) is 63.1 Å². The van der Waals surface area contributed by atoms with Crippen molar-refractivity contribution in [3.63, 3.8) is 0 Å². The molecule has 0 amide bonds. The minimum absolute atomic E-state index is 0.0920. The first-order chi connectivity index (χ1) is 13.2. The molecule has 3 aromatic rings. The molecule has 0 N–H and O–H groups in total. The number of fused-ring (bicyclic) bond motifs is 1. The number of nitriles is 1. The summed E-state index contributed by atoms with van der Waals surface area (Å²) in [6, 6.07) is 11.9. The standard InChI is InChI=1S/C20H21N5O2/c21-11-6-12-23-19(26)17-18(22-14-25(17)16-9-4-5-10-16)24(20(23)27)13-15-7-2-1-3-8-15/h1-3,7-8,14,16H,4-6,9-10,12-13H2. The highest BCUT2D eigenvalue weighted by Gasteiger charge is 2.24. The Bertz CT molecular complexity index is 1110. The molecule has 0 radical (unpaired) electrons. The van der Waals surface area contributed by atoms with Gasteiger partial charge in [0.15, 0.2) is 11.2 Å². The van der Waals surface area contributed by atoms with E-state index in [9.17, 15) is 9.59 Å². The molecule has 0 unspecified atom stereocenters. The van der Waals surface area contributed by atoms with Crippen LogP contribution in [0.25, 0.3) is 11.2 Å². The van der Waals surface area contributed by atoms with Gasteiger partial charge >= 0.3 is 5.69 Å². The monoisotopic (exact) mass is 363 g/mol. The fourth-order valence-corrected chi connectivity index (χ4v) is 3.93. The van der Waals surface area contributed by atoms with E-state index in [0.29, 0.717) is 17.7 Å². The van der Waals surface area contributed by atoms with Crippen LogP contribution >= 0.6 is 0 Å². The van der Waals surface area contributed by atoms with E-state index in [1.54, 1.807) is 10.9 Å². The van der Waals surface area contributed by atoms with Crippen molar-refractivity contribution in [1.29, 1.82) is 5.26 Å². The summed E-state index contributed by atoms with van der Waals surface area (Å²) < 4.78 is 4.67. The average Bonchev–Trinajstić information content (AvgIpc) is 3.35. The molecular weight excluding hydrogens is 342 g/mol. The molecule has 2 aromatic heterocycles. The highest BCUT2D eigenvalue weighted by molar-refractivity contribution is 5.70. The van der Waals surface area contributed by atoms with Crippen molar-refractivity contribution < 1.29 is 0 Å². The Labute approximate surface area is 156 Å². The molecule has 4 rings (SSSR count). The van der Waals surface area contributed by atoms with Crippen molar-refractivity contribution in [3.8, 4) is 6.07 Å². The van der Waals surface area contributed by atoms with Crippen LogP contribution in [-0.2, 0) is 13.1 Å². The molecule has 0 bridgehead atoms. The second kappa shape index (κ2) is 7.23. The highest BCUT2D eigenvalue weighted by atomic mass is 16.2. The van der Waals surface area contributed by atoms with Crippen molar-refractivity contribution >= 4 is 11.2 Å². The maximum absolute atomic E-state index is 13.1. The summed E-state index contributed by atoms with van der Waals surface area (Å²) in [5, 5.41) is 8.92. The van der Waals surface area contributed by atoms with Crippen LogP contribution in [-0.4, -0.2) is 18.7 Å². The molecular formula is C20H21N5O2. The van der Waals surface area contributed by atoms with E-state index in [-0.39, 0.29) is 24.6 Å². The van der Waals surface area contributed by atoms with Crippen LogP contribution in [0.2, 0.25) is 0 Å². The Morgan fingerprint density at radius 2 is 1.85 bits per heavy atom. The van der Waals surface area contributed by atoms with Gasteiger partial charge in [-0.2, -0.15) is 5.26 Å². The van der Waals surface area contributed by atoms with E-state index >= 15 is 0 Å². The first-order valence-corrected chi connectivity index (χ1v) is 9.31. The molecule has 1 fully saturated rings. The Kier molecular flexibility index (Phi) is 4.63. The summed E-state index contributed by atoms with van der Waals surface area (Å²) in [7, 11) is 0. The van der Waals surface area contributed by atoms with Crippen LogP contribution in [0.15, 0.2) is 46.2 Å². The molecule has 1 aromatic carbocycles. The number of aromatic nitrogens is 4. The molecule has 1 aliphatic carbocycles. The largest absolute Gasteiger partial charge is 0.333 e. The van der Waals surface area contributed by atoms with Crippen LogP contribution in [0.3, 0.4) is 0 Å². The number of nitrogens with zero attached hydrogens (tertiary/aromatic N) is 5. The fraction of sp³-hybridized carbons (Fsp3) is 0.400. The molecule has 1 saturated carbocycles. The summed E-state index contributed by atoms with van der Waals surface area (Å²) in [6.07, 6.45) is 6.11. The normalized spacial score (nSPS) is 14.6. The van der Waals surface area contributed by atoms with E-state index in [1.807, 2.05) is 41.0 Å². The van der Waals surface area contributed by atoms with Gasteiger partial charge in [0, 0.05) is 12.6 Å². The fourth-order valence-electron chi connectivity index (χ4n) is 3.93. The van der Waals surface area contributed by atoms with Gasteiger partial charge in [-0.25, -0.2) is 9.78 Å². The Morgan fingerprint density at radius 3 is 2.56 bits per heavy atom. The second-order valence-electron chi connectivity index (χ2n) is 6.98. The van der Waals surface area contributed by atoms with Crippen LogP contribution in [0, 0.1) is 11.3 Å². The van der Waals surface area contributed by atoms with Crippen molar-refractivity contribution in [1.82, 2.24) is 18.7 Å². The summed E-state index contributed by atoms with van der Waals surface area (Å²) in [5.74, 6) is 0. The summed E-state index contributed by atoms with van der Waals surface area (Å²) >= 11 is 0. The zero-order valence-electron chi connectivity index (χ0n) is 15.0. The third-order valence-corrected chi connectivity index (χ3v) is 5.29. The Balaban J connectivity index is 1.94. The first-order valence-electron chi connectivity index (χ1n) is 9.31. The minimum Gasteiger partial charge on any atom is -0.322 e. The van der Waals surface area contributed by atoms with Crippen molar-refractivity contribution in [2.75, 3.05) is 0 Å². The van der Waals surface area contributed by atoms with Gasteiger partial charge in [-0.1, -0.05) is 43.2 Å². The number of rotatable bonds is 5. The Hall–Kier alpha value is -3.14. The third-order valence-electron chi connectivity index (χ3n) is 5.29.